The summed E-state index contributed by atoms with van der Waals surface area (Å²) in [5.74, 6) is -0.575. The standard InChI is InChI=1S/C16H16BrF2N/c1-16(20,9-11-4-2-6-13(18)8-11)10-12-5-3-7-14(19)15(12)17/h2-8H,9-10,20H2,1H3. The van der Waals surface area contributed by atoms with Gasteiger partial charge in [0, 0.05) is 5.54 Å². The van der Waals surface area contributed by atoms with Crippen molar-refractivity contribution in [1.82, 2.24) is 0 Å². The lowest BCUT2D eigenvalue weighted by molar-refractivity contribution is 0.459. The second-order valence-corrected chi connectivity index (χ2v) is 6.14. The lowest BCUT2D eigenvalue weighted by Crippen LogP contribution is -2.41. The lowest BCUT2D eigenvalue weighted by atomic mass is 9.87. The fourth-order valence-corrected chi connectivity index (χ4v) is 2.70. The van der Waals surface area contributed by atoms with Gasteiger partial charge in [0.05, 0.1) is 4.47 Å². The molecular weight excluding hydrogens is 324 g/mol. The molecule has 0 aliphatic heterocycles. The zero-order valence-electron chi connectivity index (χ0n) is 11.2. The molecule has 0 saturated carbocycles. The van der Waals surface area contributed by atoms with E-state index in [-0.39, 0.29) is 11.6 Å². The number of hydrogen-bond donors (Lipinski definition) is 1. The molecule has 0 amide bonds. The number of nitrogens with two attached hydrogens (primary N) is 1. The van der Waals surface area contributed by atoms with Gasteiger partial charge >= 0.3 is 0 Å². The SMILES string of the molecule is CC(N)(Cc1cccc(F)c1)Cc1cccc(F)c1Br. The fraction of sp³-hybridized carbons (Fsp3) is 0.250. The Labute approximate surface area is 125 Å². The zero-order chi connectivity index (χ0) is 14.8. The molecule has 106 valence electrons. The summed E-state index contributed by atoms with van der Waals surface area (Å²) in [7, 11) is 0. The average molecular weight is 340 g/mol. The van der Waals surface area contributed by atoms with Gasteiger partial charge in [0.25, 0.3) is 0 Å². The Morgan fingerprint density at radius 2 is 1.80 bits per heavy atom. The monoisotopic (exact) mass is 339 g/mol. The Morgan fingerprint density at radius 1 is 1.10 bits per heavy atom. The molecule has 0 saturated heterocycles. The van der Waals surface area contributed by atoms with Crippen LogP contribution in [-0.4, -0.2) is 5.54 Å². The molecule has 2 aromatic carbocycles. The predicted molar refractivity (Wildman–Crippen MR) is 80.5 cm³/mol. The van der Waals surface area contributed by atoms with Gasteiger partial charge in [-0.05, 0) is 65.0 Å². The molecule has 2 aromatic rings. The summed E-state index contributed by atoms with van der Waals surface area (Å²) in [6.07, 6.45) is 1.02. The van der Waals surface area contributed by atoms with Gasteiger partial charge in [-0.15, -0.1) is 0 Å². The minimum absolute atomic E-state index is 0.273. The van der Waals surface area contributed by atoms with Gasteiger partial charge in [-0.2, -0.15) is 0 Å². The molecule has 1 atom stereocenters. The van der Waals surface area contributed by atoms with Gasteiger partial charge in [0.15, 0.2) is 0 Å². The summed E-state index contributed by atoms with van der Waals surface area (Å²) in [6.45, 7) is 1.88. The van der Waals surface area contributed by atoms with Gasteiger partial charge < -0.3 is 5.73 Å². The van der Waals surface area contributed by atoms with E-state index in [0.717, 1.165) is 11.1 Å². The average Bonchev–Trinajstić information content (AvgIpc) is 2.34. The van der Waals surface area contributed by atoms with E-state index in [9.17, 15) is 8.78 Å². The topological polar surface area (TPSA) is 26.0 Å². The van der Waals surface area contributed by atoms with Crippen molar-refractivity contribution in [3.63, 3.8) is 0 Å². The normalized spacial score (nSPS) is 14.1. The van der Waals surface area contributed by atoms with E-state index < -0.39 is 5.54 Å². The summed E-state index contributed by atoms with van der Waals surface area (Å²) >= 11 is 3.24. The van der Waals surface area contributed by atoms with Gasteiger partial charge in [0.1, 0.15) is 11.6 Å². The summed E-state index contributed by atoms with van der Waals surface area (Å²) in [6, 6.07) is 11.3. The maximum absolute atomic E-state index is 13.5. The molecule has 0 aliphatic rings. The van der Waals surface area contributed by atoms with Crippen molar-refractivity contribution in [2.24, 2.45) is 5.73 Å². The number of benzene rings is 2. The molecule has 2 rings (SSSR count). The summed E-state index contributed by atoms with van der Waals surface area (Å²) in [5, 5.41) is 0. The molecule has 0 spiro atoms. The molecule has 0 radical (unpaired) electrons. The predicted octanol–water partition coefficient (Wildman–Crippen LogP) is 4.23. The largest absolute Gasteiger partial charge is 0.325 e. The van der Waals surface area contributed by atoms with Crippen LogP contribution in [0.5, 0.6) is 0 Å². The van der Waals surface area contributed by atoms with Gasteiger partial charge in [-0.3, -0.25) is 0 Å². The van der Waals surface area contributed by atoms with E-state index in [0.29, 0.717) is 17.3 Å². The van der Waals surface area contributed by atoms with Crippen molar-refractivity contribution in [2.75, 3.05) is 0 Å². The van der Waals surface area contributed by atoms with Crippen molar-refractivity contribution in [3.05, 3.63) is 69.7 Å². The van der Waals surface area contributed by atoms with Crippen LogP contribution >= 0.6 is 15.9 Å². The van der Waals surface area contributed by atoms with Crippen LogP contribution in [0.3, 0.4) is 0 Å². The van der Waals surface area contributed by atoms with Crippen LogP contribution in [0.4, 0.5) is 8.78 Å². The van der Waals surface area contributed by atoms with Crippen molar-refractivity contribution in [3.8, 4) is 0 Å². The van der Waals surface area contributed by atoms with Crippen LogP contribution in [0.2, 0.25) is 0 Å². The molecular formula is C16H16BrF2N. The molecule has 20 heavy (non-hydrogen) atoms. The maximum atomic E-state index is 13.5. The van der Waals surface area contributed by atoms with E-state index in [4.69, 9.17) is 5.73 Å². The lowest BCUT2D eigenvalue weighted by Gasteiger charge is -2.25. The van der Waals surface area contributed by atoms with E-state index in [2.05, 4.69) is 15.9 Å². The molecule has 0 aromatic heterocycles. The molecule has 0 heterocycles. The number of hydrogen-bond acceptors (Lipinski definition) is 1. The summed E-state index contributed by atoms with van der Waals surface area (Å²) < 4.78 is 27.1. The zero-order valence-corrected chi connectivity index (χ0v) is 12.8. The van der Waals surface area contributed by atoms with Crippen molar-refractivity contribution >= 4 is 15.9 Å². The first-order valence-electron chi connectivity index (χ1n) is 6.34. The quantitative estimate of drug-likeness (QED) is 0.886. The van der Waals surface area contributed by atoms with Crippen LogP contribution in [-0.2, 0) is 12.8 Å². The van der Waals surface area contributed by atoms with E-state index in [1.807, 2.05) is 19.1 Å². The first-order chi connectivity index (χ1) is 9.37. The van der Waals surface area contributed by atoms with E-state index >= 15 is 0 Å². The molecule has 0 fully saturated rings. The van der Waals surface area contributed by atoms with Crippen LogP contribution < -0.4 is 5.73 Å². The van der Waals surface area contributed by atoms with Crippen molar-refractivity contribution < 1.29 is 8.78 Å². The number of halogens is 3. The van der Waals surface area contributed by atoms with Crippen molar-refractivity contribution in [2.45, 2.75) is 25.3 Å². The first-order valence-corrected chi connectivity index (χ1v) is 7.13. The molecule has 4 heteroatoms. The Kier molecular flexibility index (Phi) is 4.55. The minimum Gasteiger partial charge on any atom is -0.325 e. The highest BCUT2D eigenvalue weighted by atomic mass is 79.9. The second kappa shape index (κ2) is 6.02. The highest BCUT2D eigenvalue weighted by Gasteiger charge is 2.22. The maximum Gasteiger partial charge on any atom is 0.137 e. The summed E-state index contributed by atoms with van der Waals surface area (Å²) in [5.41, 5.74) is 7.35. The highest BCUT2D eigenvalue weighted by Crippen LogP contribution is 2.25. The molecule has 2 N–H and O–H groups in total. The molecule has 1 unspecified atom stereocenters. The van der Waals surface area contributed by atoms with Crippen LogP contribution in [0.25, 0.3) is 0 Å². The van der Waals surface area contributed by atoms with Crippen molar-refractivity contribution in [1.29, 1.82) is 0 Å². The highest BCUT2D eigenvalue weighted by molar-refractivity contribution is 9.10. The molecule has 0 bridgehead atoms. The molecule has 0 aliphatic carbocycles. The number of rotatable bonds is 4. The second-order valence-electron chi connectivity index (χ2n) is 5.35. The van der Waals surface area contributed by atoms with E-state index in [1.54, 1.807) is 12.1 Å². The van der Waals surface area contributed by atoms with Crippen LogP contribution in [0.15, 0.2) is 46.9 Å². The smallest absolute Gasteiger partial charge is 0.137 e. The fourth-order valence-electron chi connectivity index (χ4n) is 2.30. The minimum atomic E-state index is -0.579. The van der Waals surface area contributed by atoms with Gasteiger partial charge in [0.2, 0.25) is 0 Å². The Bertz CT molecular complexity index is 611. The third-order valence-electron chi connectivity index (χ3n) is 3.12. The Hall–Kier alpha value is -1.26. The third-order valence-corrected chi connectivity index (χ3v) is 4.01. The first kappa shape index (κ1) is 15.1. The van der Waals surface area contributed by atoms with Crippen LogP contribution in [0.1, 0.15) is 18.1 Å². The Morgan fingerprint density at radius 3 is 2.50 bits per heavy atom. The third kappa shape index (κ3) is 3.87. The Balaban J connectivity index is 2.16. The van der Waals surface area contributed by atoms with Gasteiger partial charge in [-0.1, -0.05) is 24.3 Å². The van der Waals surface area contributed by atoms with E-state index in [1.165, 1.54) is 18.2 Å². The van der Waals surface area contributed by atoms with Gasteiger partial charge in [-0.25, -0.2) is 8.78 Å². The van der Waals surface area contributed by atoms with Crippen LogP contribution in [0, 0.1) is 11.6 Å². The molecule has 1 nitrogen and oxygen atoms in total. The summed E-state index contributed by atoms with van der Waals surface area (Å²) in [4.78, 5) is 0.